The van der Waals surface area contributed by atoms with E-state index >= 15 is 0 Å². The van der Waals surface area contributed by atoms with Crippen molar-refractivity contribution >= 4 is 17.7 Å². The monoisotopic (exact) mass is 466 g/mol. The summed E-state index contributed by atoms with van der Waals surface area (Å²) in [7, 11) is 0. The van der Waals surface area contributed by atoms with Crippen LogP contribution < -0.4 is 14.8 Å². The van der Waals surface area contributed by atoms with Gasteiger partial charge in [0.05, 0.1) is 16.7 Å². The number of anilines is 1. The first-order chi connectivity index (χ1) is 16.1. The topological polar surface area (TPSA) is 97.8 Å². The summed E-state index contributed by atoms with van der Waals surface area (Å²) in [6, 6.07) is 12.8. The molecule has 0 spiro atoms. The van der Waals surface area contributed by atoms with Crippen LogP contribution >= 0.6 is 0 Å². The first-order valence-corrected chi connectivity index (χ1v) is 10.6. The zero-order valence-electron chi connectivity index (χ0n) is 18.3. The summed E-state index contributed by atoms with van der Waals surface area (Å²) in [6.07, 6.45) is -2.63. The fourth-order valence-electron chi connectivity index (χ4n) is 4.25. The Bertz CT molecular complexity index is 1350. The van der Waals surface area contributed by atoms with Crippen molar-refractivity contribution in [3.05, 3.63) is 70.8 Å². The van der Waals surface area contributed by atoms with Crippen molar-refractivity contribution in [1.29, 1.82) is 0 Å². The van der Waals surface area contributed by atoms with Crippen molar-refractivity contribution in [1.82, 2.24) is 4.98 Å². The number of nitrogens with one attached hydrogen (secondary N) is 1. The number of carboxylic acids is 1. The lowest BCUT2D eigenvalue weighted by molar-refractivity contribution is -0.286. The first-order valence-electron chi connectivity index (χ1n) is 10.6. The molecule has 34 heavy (non-hydrogen) atoms. The van der Waals surface area contributed by atoms with E-state index in [9.17, 15) is 23.5 Å². The fourth-order valence-corrected chi connectivity index (χ4v) is 4.25. The molecule has 0 atom stereocenters. The number of aromatic nitrogens is 1. The number of fused-ring (bicyclic) bond motifs is 1. The largest absolute Gasteiger partial charge is 0.586 e. The van der Waals surface area contributed by atoms with Gasteiger partial charge in [-0.1, -0.05) is 24.3 Å². The second kappa shape index (κ2) is 7.51. The van der Waals surface area contributed by atoms with Crippen LogP contribution in [0.15, 0.2) is 48.5 Å². The minimum absolute atomic E-state index is 0.0752. The quantitative estimate of drug-likeness (QED) is 0.546. The Hall–Kier alpha value is -4.01. The second-order valence-electron chi connectivity index (χ2n) is 8.51. The number of ether oxygens (including phenoxy) is 2. The molecule has 1 aliphatic heterocycles. The van der Waals surface area contributed by atoms with Crippen molar-refractivity contribution in [2.75, 3.05) is 5.32 Å². The summed E-state index contributed by atoms with van der Waals surface area (Å²) in [5.41, 5.74) is 2.48. The number of amides is 1. The van der Waals surface area contributed by atoms with E-state index in [1.54, 1.807) is 37.3 Å². The third-order valence-electron chi connectivity index (χ3n) is 6.30. The van der Waals surface area contributed by atoms with Gasteiger partial charge in [0.1, 0.15) is 5.82 Å². The molecule has 7 nitrogen and oxygen atoms in total. The molecule has 9 heteroatoms. The molecule has 1 aromatic heterocycles. The van der Waals surface area contributed by atoms with E-state index in [0.717, 1.165) is 5.56 Å². The molecule has 2 aromatic carbocycles. The lowest BCUT2D eigenvalue weighted by Crippen LogP contribution is -2.28. The zero-order chi connectivity index (χ0) is 24.3. The number of carboxylic acid groups (broad SMARTS) is 1. The minimum Gasteiger partial charge on any atom is -0.478 e. The van der Waals surface area contributed by atoms with Gasteiger partial charge >= 0.3 is 12.3 Å². The Morgan fingerprint density at radius 3 is 2.47 bits per heavy atom. The number of aromatic carboxylic acids is 1. The molecule has 2 N–H and O–H groups in total. The van der Waals surface area contributed by atoms with Crippen LogP contribution in [0.3, 0.4) is 0 Å². The number of carbonyl (C=O) groups is 2. The van der Waals surface area contributed by atoms with Gasteiger partial charge in [-0.2, -0.15) is 0 Å². The number of hydrogen-bond donors (Lipinski definition) is 2. The van der Waals surface area contributed by atoms with Crippen LogP contribution in [0.25, 0.3) is 11.3 Å². The maximum atomic E-state index is 13.4. The molecule has 2 heterocycles. The molecule has 1 aliphatic carbocycles. The molecule has 174 valence electrons. The van der Waals surface area contributed by atoms with E-state index in [1.165, 1.54) is 18.2 Å². The highest BCUT2D eigenvalue weighted by Gasteiger charge is 2.53. The Morgan fingerprint density at radius 1 is 1.03 bits per heavy atom. The maximum Gasteiger partial charge on any atom is 0.586 e. The van der Waals surface area contributed by atoms with E-state index in [1.807, 2.05) is 6.92 Å². The third kappa shape index (κ3) is 3.63. The molecule has 1 saturated carbocycles. The lowest BCUT2D eigenvalue weighted by Gasteiger charge is -2.17. The van der Waals surface area contributed by atoms with E-state index in [2.05, 4.69) is 19.8 Å². The second-order valence-corrected chi connectivity index (χ2v) is 8.51. The standard InChI is InChI=1S/C25H20F2N2O5/c1-13-6-9-20(28-21(13)16-4-3-5-17(14(16)2)22(30)31)29-23(32)24(10-11-24)15-7-8-18-19(12-15)34-25(26,27)33-18/h3-9,12H,10-11H2,1-2H3,(H,30,31)(H,28,29,32). The summed E-state index contributed by atoms with van der Waals surface area (Å²) in [6.45, 7) is 3.57. The average molecular weight is 466 g/mol. The number of aryl methyl sites for hydroxylation is 1. The van der Waals surface area contributed by atoms with Crippen LogP contribution in [-0.2, 0) is 10.2 Å². The van der Waals surface area contributed by atoms with Gasteiger partial charge in [-0.05, 0) is 67.6 Å². The molecule has 2 aliphatic rings. The number of nitrogens with zero attached hydrogens (tertiary/aromatic N) is 1. The molecule has 0 bridgehead atoms. The Morgan fingerprint density at radius 2 is 1.76 bits per heavy atom. The van der Waals surface area contributed by atoms with Crippen LogP contribution in [0.1, 0.15) is 39.9 Å². The highest BCUT2D eigenvalue weighted by molar-refractivity contribution is 6.01. The van der Waals surface area contributed by atoms with Crippen molar-refractivity contribution in [3.63, 3.8) is 0 Å². The predicted octanol–water partition coefficient (Wildman–Crippen LogP) is 5.06. The Kier molecular flexibility index (Phi) is 4.82. The van der Waals surface area contributed by atoms with E-state index in [0.29, 0.717) is 41.0 Å². The number of hydrogen-bond acceptors (Lipinski definition) is 5. The van der Waals surface area contributed by atoms with E-state index in [4.69, 9.17) is 0 Å². The van der Waals surface area contributed by atoms with Gasteiger partial charge in [0.2, 0.25) is 5.91 Å². The molecular weight excluding hydrogens is 446 g/mol. The molecule has 0 radical (unpaired) electrons. The highest BCUT2D eigenvalue weighted by atomic mass is 19.3. The fraction of sp³-hybridized carbons (Fsp3) is 0.240. The SMILES string of the molecule is Cc1ccc(NC(=O)C2(c3ccc4c(c3)OC(F)(F)O4)CC2)nc1-c1cccc(C(=O)O)c1C. The van der Waals surface area contributed by atoms with Crippen LogP contribution in [0, 0.1) is 13.8 Å². The molecule has 1 amide bonds. The predicted molar refractivity (Wildman–Crippen MR) is 118 cm³/mol. The average Bonchev–Trinajstić information content (AvgIpc) is 3.52. The zero-order valence-corrected chi connectivity index (χ0v) is 18.3. The highest BCUT2D eigenvalue weighted by Crippen LogP contribution is 2.52. The van der Waals surface area contributed by atoms with Crippen LogP contribution in [0.2, 0.25) is 0 Å². The Labute approximate surface area is 193 Å². The van der Waals surface area contributed by atoms with Crippen molar-refractivity contribution in [3.8, 4) is 22.8 Å². The van der Waals surface area contributed by atoms with Crippen molar-refractivity contribution in [2.45, 2.75) is 38.4 Å². The molecule has 0 saturated heterocycles. The number of benzene rings is 2. The van der Waals surface area contributed by atoms with Crippen LogP contribution in [0.5, 0.6) is 11.5 Å². The van der Waals surface area contributed by atoms with Crippen molar-refractivity contribution in [2.24, 2.45) is 0 Å². The van der Waals surface area contributed by atoms with Gasteiger partial charge in [0.15, 0.2) is 11.5 Å². The third-order valence-corrected chi connectivity index (χ3v) is 6.30. The van der Waals surface area contributed by atoms with Gasteiger partial charge < -0.3 is 19.9 Å². The molecule has 1 fully saturated rings. The van der Waals surface area contributed by atoms with Crippen LogP contribution in [-0.4, -0.2) is 28.3 Å². The summed E-state index contributed by atoms with van der Waals surface area (Å²) in [4.78, 5) is 29.3. The van der Waals surface area contributed by atoms with Crippen LogP contribution in [0.4, 0.5) is 14.6 Å². The number of pyridine rings is 1. The summed E-state index contributed by atoms with van der Waals surface area (Å²) in [5.74, 6) is -1.21. The molecule has 0 unspecified atom stereocenters. The normalized spacial score (nSPS) is 16.7. The number of rotatable bonds is 5. The summed E-state index contributed by atoms with van der Waals surface area (Å²) >= 11 is 0. The number of alkyl halides is 2. The maximum absolute atomic E-state index is 13.4. The number of carbonyl (C=O) groups excluding carboxylic acids is 1. The Balaban J connectivity index is 1.43. The molecule has 3 aromatic rings. The van der Waals surface area contributed by atoms with Gasteiger partial charge in [-0.15, -0.1) is 8.78 Å². The molecular formula is C25H20F2N2O5. The lowest BCUT2D eigenvalue weighted by atomic mass is 9.94. The summed E-state index contributed by atoms with van der Waals surface area (Å²) < 4.78 is 35.7. The van der Waals surface area contributed by atoms with Gasteiger partial charge in [-0.3, -0.25) is 4.79 Å². The van der Waals surface area contributed by atoms with E-state index in [-0.39, 0.29) is 23.0 Å². The van der Waals surface area contributed by atoms with Crippen molar-refractivity contribution < 1.29 is 33.0 Å². The first kappa shape index (κ1) is 21.8. The smallest absolute Gasteiger partial charge is 0.478 e. The minimum atomic E-state index is -3.72. The van der Waals surface area contributed by atoms with E-state index < -0.39 is 17.7 Å². The van der Waals surface area contributed by atoms with Gasteiger partial charge in [0, 0.05) is 5.56 Å². The summed E-state index contributed by atoms with van der Waals surface area (Å²) in [5, 5.41) is 12.3. The molecule has 5 rings (SSSR count). The van der Waals surface area contributed by atoms with Gasteiger partial charge in [0.25, 0.3) is 0 Å². The van der Waals surface area contributed by atoms with Gasteiger partial charge in [-0.25, -0.2) is 9.78 Å². The number of halogens is 2.